The summed E-state index contributed by atoms with van der Waals surface area (Å²) in [6, 6.07) is 13.8. The van der Waals surface area contributed by atoms with Crippen LogP contribution in [0.5, 0.6) is 11.5 Å². The van der Waals surface area contributed by atoms with Crippen molar-refractivity contribution in [3.63, 3.8) is 0 Å². The van der Waals surface area contributed by atoms with Gasteiger partial charge < -0.3 is 14.8 Å². The second-order valence-corrected chi connectivity index (χ2v) is 8.99. The number of ether oxygens (including phenoxy) is 2. The van der Waals surface area contributed by atoms with Crippen LogP contribution >= 0.6 is 11.3 Å². The molecule has 0 saturated heterocycles. The molecule has 6 heteroatoms. The predicted molar refractivity (Wildman–Crippen MR) is 121 cm³/mol. The highest BCUT2D eigenvalue weighted by Gasteiger charge is 2.20. The van der Waals surface area contributed by atoms with E-state index in [1.54, 1.807) is 18.4 Å². The molecule has 0 bridgehead atoms. The highest BCUT2D eigenvalue weighted by Crippen LogP contribution is 2.34. The molecule has 1 amide bonds. The molecule has 0 saturated carbocycles. The van der Waals surface area contributed by atoms with Gasteiger partial charge in [-0.3, -0.25) is 4.79 Å². The van der Waals surface area contributed by atoms with E-state index in [0.29, 0.717) is 12.3 Å². The summed E-state index contributed by atoms with van der Waals surface area (Å²) in [5.41, 5.74) is 4.01. The van der Waals surface area contributed by atoms with Crippen LogP contribution in [0.25, 0.3) is 10.6 Å². The number of hydrogen-bond donors (Lipinski definition) is 1. The van der Waals surface area contributed by atoms with Crippen molar-refractivity contribution in [1.82, 2.24) is 10.3 Å². The van der Waals surface area contributed by atoms with Gasteiger partial charge in [0.15, 0.2) is 6.61 Å². The molecule has 0 atom stereocenters. The number of thiazole rings is 1. The van der Waals surface area contributed by atoms with E-state index in [0.717, 1.165) is 27.6 Å². The Balaban J connectivity index is 1.58. The molecular weight excluding hydrogens is 396 g/mol. The number of amides is 1. The van der Waals surface area contributed by atoms with Crippen molar-refractivity contribution in [1.29, 1.82) is 0 Å². The van der Waals surface area contributed by atoms with Gasteiger partial charge in [0, 0.05) is 16.5 Å². The summed E-state index contributed by atoms with van der Waals surface area (Å²) in [5, 5.41) is 5.82. The zero-order chi connectivity index (χ0) is 21.7. The molecule has 0 aliphatic rings. The Morgan fingerprint density at radius 2 is 1.93 bits per heavy atom. The van der Waals surface area contributed by atoms with E-state index in [2.05, 4.69) is 50.1 Å². The minimum Gasteiger partial charge on any atom is -0.497 e. The second-order valence-electron chi connectivity index (χ2n) is 8.14. The van der Waals surface area contributed by atoms with Crippen LogP contribution in [0.3, 0.4) is 0 Å². The lowest BCUT2D eigenvalue weighted by atomic mass is 9.86. The Kier molecular flexibility index (Phi) is 6.77. The fraction of sp³-hybridized carbons (Fsp3) is 0.333. The molecule has 1 aromatic heterocycles. The standard InChI is InChI=1S/C24H28N2O3S/c1-16-8-6-7-9-19(16)23-26-17(15-30-23)13-25-22(27)14-29-21-11-10-18(28-5)12-20(21)24(2,3)4/h6-12,15H,13-14H2,1-5H3,(H,25,27). The van der Waals surface area contributed by atoms with Crippen molar-refractivity contribution >= 4 is 17.2 Å². The fourth-order valence-electron chi connectivity index (χ4n) is 3.06. The number of aromatic nitrogens is 1. The summed E-state index contributed by atoms with van der Waals surface area (Å²) in [5.74, 6) is 1.27. The number of hydrogen-bond acceptors (Lipinski definition) is 5. The number of methoxy groups -OCH3 is 1. The first-order chi connectivity index (χ1) is 14.3. The molecular formula is C24H28N2O3S. The van der Waals surface area contributed by atoms with Gasteiger partial charge in [-0.2, -0.15) is 0 Å². The van der Waals surface area contributed by atoms with Crippen LogP contribution in [0.1, 0.15) is 37.6 Å². The summed E-state index contributed by atoms with van der Waals surface area (Å²) in [6.07, 6.45) is 0. The average molecular weight is 425 g/mol. The van der Waals surface area contributed by atoms with Crippen molar-refractivity contribution in [3.05, 3.63) is 64.7 Å². The van der Waals surface area contributed by atoms with E-state index < -0.39 is 0 Å². The lowest BCUT2D eigenvalue weighted by Crippen LogP contribution is -2.29. The van der Waals surface area contributed by atoms with Gasteiger partial charge in [-0.1, -0.05) is 45.0 Å². The Bertz CT molecular complexity index is 1020. The molecule has 0 radical (unpaired) electrons. The van der Waals surface area contributed by atoms with Gasteiger partial charge in [-0.25, -0.2) is 4.98 Å². The summed E-state index contributed by atoms with van der Waals surface area (Å²) in [7, 11) is 1.64. The zero-order valence-electron chi connectivity index (χ0n) is 18.1. The van der Waals surface area contributed by atoms with Crippen LogP contribution < -0.4 is 14.8 Å². The van der Waals surface area contributed by atoms with Gasteiger partial charge in [0.25, 0.3) is 5.91 Å². The van der Waals surface area contributed by atoms with E-state index in [4.69, 9.17) is 9.47 Å². The molecule has 0 fully saturated rings. The first-order valence-corrected chi connectivity index (χ1v) is 10.7. The lowest BCUT2D eigenvalue weighted by molar-refractivity contribution is -0.123. The molecule has 2 aromatic carbocycles. The highest BCUT2D eigenvalue weighted by molar-refractivity contribution is 7.13. The number of nitrogens with zero attached hydrogens (tertiary/aromatic N) is 1. The summed E-state index contributed by atoms with van der Waals surface area (Å²) >= 11 is 1.58. The number of carbonyl (C=O) groups is 1. The quantitative estimate of drug-likeness (QED) is 0.572. The SMILES string of the molecule is COc1ccc(OCC(=O)NCc2csc(-c3ccccc3C)n2)c(C(C)(C)C)c1. The number of aryl methyl sites for hydroxylation is 1. The van der Waals surface area contributed by atoms with Gasteiger partial charge in [0.1, 0.15) is 16.5 Å². The first kappa shape index (κ1) is 21.8. The van der Waals surface area contributed by atoms with Crippen LogP contribution in [-0.2, 0) is 16.8 Å². The van der Waals surface area contributed by atoms with Gasteiger partial charge in [-0.15, -0.1) is 11.3 Å². The maximum atomic E-state index is 12.3. The molecule has 5 nitrogen and oxygen atoms in total. The second kappa shape index (κ2) is 9.30. The van der Waals surface area contributed by atoms with Gasteiger partial charge in [0.05, 0.1) is 19.3 Å². The van der Waals surface area contributed by atoms with E-state index in [9.17, 15) is 4.79 Å². The van der Waals surface area contributed by atoms with Crippen molar-refractivity contribution in [2.75, 3.05) is 13.7 Å². The smallest absolute Gasteiger partial charge is 0.258 e. The maximum Gasteiger partial charge on any atom is 0.258 e. The van der Waals surface area contributed by atoms with Crippen LogP contribution in [0.2, 0.25) is 0 Å². The average Bonchev–Trinajstić information content (AvgIpc) is 3.19. The van der Waals surface area contributed by atoms with Crippen molar-refractivity contribution in [3.8, 4) is 22.1 Å². The molecule has 1 heterocycles. The van der Waals surface area contributed by atoms with Crippen molar-refractivity contribution < 1.29 is 14.3 Å². The number of rotatable bonds is 7. The molecule has 0 aliphatic carbocycles. The number of benzene rings is 2. The molecule has 158 valence electrons. The first-order valence-electron chi connectivity index (χ1n) is 9.86. The summed E-state index contributed by atoms with van der Waals surface area (Å²) < 4.78 is 11.1. The normalized spacial score (nSPS) is 11.2. The Morgan fingerprint density at radius 3 is 2.63 bits per heavy atom. The molecule has 0 aliphatic heterocycles. The molecule has 0 spiro atoms. The van der Waals surface area contributed by atoms with Gasteiger partial charge >= 0.3 is 0 Å². The molecule has 0 unspecified atom stereocenters. The predicted octanol–water partition coefficient (Wildman–Crippen LogP) is 5.12. The zero-order valence-corrected chi connectivity index (χ0v) is 18.9. The Hall–Kier alpha value is -2.86. The molecule has 30 heavy (non-hydrogen) atoms. The van der Waals surface area contributed by atoms with E-state index in [1.165, 1.54) is 5.56 Å². The highest BCUT2D eigenvalue weighted by atomic mass is 32.1. The van der Waals surface area contributed by atoms with E-state index >= 15 is 0 Å². The summed E-state index contributed by atoms with van der Waals surface area (Å²) in [4.78, 5) is 17.0. The third kappa shape index (κ3) is 5.39. The monoisotopic (exact) mass is 424 g/mol. The fourth-order valence-corrected chi connectivity index (χ4v) is 3.97. The maximum absolute atomic E-state index is 12.3. The van der Waals surface area contributed by atoms with E-state index in [-0.39, 0.29) is 17.9 Å². The number of nitrogens with one attached hydrogen (secondary N) is 1. The van der Waals surface area contributed by atoms with Gasteiger partial charge in [0.2, 0.25) is 0 Å². The van der Waals surface area contributed by atoms with E-state index in [1.807, 2.05) is 35.7 Å². The Labute approximate surface area is 182 Å². The van der Waals surface area contributed by atoms with Crippen LogP contribution in [0.15, 0.2) is 47.8 Å². The lowest BCUT2D eigenvalue weighted by Gasteiger charge is -2.23. The van der Waals surface area contributed by atoms with Crippen LogP contribution in [0, 0.1) is 6.92 Å². The number of carbonyl (C=O) groups excluding carboxylic acids is 1. The minimum absolute atomic E-state index is 0.0514. The van der Waals surface area contributed by atoms with Gasteiger partial charge in [-0.05, 0) is 36.1 Å². The minimum atomic E-state index is -0.184. The van der Waals surface area contributed by atoms with Crippen LogP contribution in [-0.4, -0.2) is 24.6 Å². The third-order valence-corrected chi connectivity index (χ3v) is 5.67. The van der Waals surface area contributed by atoms with Crippen molar-refractivity contribution in [2.24, 2.45) is 0 Å². The van der Waals surface area contributed by atoms with Crippen molar-refractivity contribution in [2.45, 2.75) is 39.7 Å². The summed E-state index contributed by atoms with van der Waals surface area (Å²) in [6.45, 7) is 8.69. The largest absolute Gasteiger partial charge is 0.497 e. The Morgan fingerprint density at radius 1 is 1.17 bits per heavy atom. The molecule has 3 aromatic rings. The molecule has 1 N–H and O–H groups in total. The van der Waals surface area contributed by atoms with Crippen LogP contribution in [0.4, 0.5) is 0 Å². The third-order valence-electron chi connectivity index (χ3n) is 4.75. The topological polar surface area (TPSA) is 60.5 Å². The molecule has 3 rings (SSSR count).